The molecule has 3 nitrogen and oxygen atoms in total. The average Bonchev–Trinajstić information content (AvgIpc) is 2.49. The van der Waals surface area contributed by atoms with Gasteiger partial charge in [0.25, 0.3) is 0 Å². The Bertz CT molecular complexity index is 618. The molecule has 104 valence electrons. The van der Waals surface area contributed by atoms with Crippen LogP contribution in [0.25, 0.3) is 10.8 Å². The zero-order chi connectivity index (χ0) is 13.9. The van der Waals surface area contributed by atoms with Crippen LogP contribution < -0.4 is 10.6 Å². The van der Waals surface area contributed by atoms with Crippen molar-refractivity contribution < 1.29 is 4.79 Å². The predicted octanol–water partition coefficient (Wildman–Crippen LogP) is 2.77. The van der Waals surface area contributed by atoms with Gasteiger partial charge in [0.2, 0.25) is 5.91 Å². The molecule has 2 aromatic carbocycles. The summed E-state index contributed by atoms with van der Waals surface area (Å²) in [6.07, 6.45) is 1.96. The van der Waals surface area contributed by atoms with E-state index in [4.69, 9.17) is 0 Å². The van der Waals surface area contributed by atoms with Gasteiger partial charge in [-0.15, -0.1) is 0 Å². The molecule has 1 heterocycles. The van der Waals surface area contributed by atoms with E-state index in [0.717, 1.165) is 19.4 Å². The smallest absolute Gasteiger partial charge is 0.237 e. The van der Waals surface area contributed by atoms with Gasteiger partial charge in [0.1, 0.15) is 0 Å². The Morgan fingerprint density at radius 1 is 1.20 bits per heavy atom. The molecule has 3 heteroatoms. The van der Waals surface area contributed by atoms with Gasteiger partial charge in [-0.3, -0.25) is 10.1 Å². The molecule has 1 aliphatic heterocycles. The number of fused-ring (bicyclic) bond motifs is 1. The van der Waals surface area contributed by atoms with Crippen molar-refractivity contribution in [1.29, 1.82) is 0 Å². The van der Waals surface area contributed by atoms with Crippen molar-refractivity contribution in [2.24, 2.45) is 0 Å². The zero-order valence-electron chi connectivity index (χ0n) is 11.7. The molecule has 3 rings (SSSR count). The quantitative estimate of drug-likeness (QED) is 0.898. The lowest BCUT2D eigenvalue weighted by Gasteiger charge is -2.27. The summed E-state index contributed by atoms with van der Waals surface area (Å²) in [6.45, 7) is 2.93. The van der Waals surface area contributed by atoms with E-state index >= 15 is 0 Å². The van der Waals surface area contributed by atoms with Crippen LogP contribution >= 0.6 is 0 Å². The summed E-state index contributed by atoms with van der Waals surface area (Å²) in [5.74, 6) is 0.128. The van der Waals surface area contributed by atoms with Crippen LogP contribution in [0.3, 0.4) is 0 Å². The molecule has 0 aromatic heterocycles. The van der Waals surface area contributed by atoms with E-state index in [0.29, 0.717) is 0 Å². The van der Waals surface area contributed by atoms with E-state index in [1.54, 1.807) is 0 Å². The van der Waals surface area contributed by atoms with Crippen molar-refractivity contribution in [3.63, 3.8) is 0 Å². The fourth-order valence-corrected chi connectivity index (χ4v) is 2.95. The minimum Gasteiger partial charge on any atom is -0.355 e. The predicted molar refractivity (Wildman–Crippen MR) is 81.5 cm³/mol. The van der Waals surface area contributed by atoms with E-state index in [-0.39, 0.29) is 18.0 Å². The lowest BCUT2D eigenvalue weighted by molar-refractivity contribution is -0.124. The van der Waals surface area contributed by atoms with Crippen molar-refractivity contribution >= 4 is 16.7 Å². The second kappa shape index (κ2) is 5.63. The van der Waals surface area contributed by atoms with E-state index in [2.05, 4.69) is 60.0 Å². The van der Waals surface area contributed by atoms with Crippen molar-refractivity contribution in [3.05, 3.63) is 48.0 Å². The van der Waals surface area contributed by atoms with E-state index in [1.807, 2.05) is 0 Å². The van der Waals surface area contributed by atoms with Gasteiger partial charge in [-0.25, -0.2) is 0 Å². The molecule has 1 amide bonds. The molecule has 0 bridgehead atoms. The third kappa shape index (κ3) is 2.54. The molecule has 20 heavy (non-hydrogen) atoms. The zero-order valence-corrected chi connectivity index (χ0v) is 11.7. The van der Waals surface area contributed by atoms with Crippen LogP contribution in [0.1, 0.15) is 31.4 Å². The number of rotatable bonds is 3. The Morgan fingerprint density at radius 2 is 2.00 bits per heavy atom. The Hall–Kier alpha value is -1.87. The normalized spacial score (nSPS) is 20.6. The second-order valence-corrected chi connectivity index (χ2v) is 5.44. The first kappa shape index (κ1) is 13.1. The van der Waals surface area contributed by atoms with Gasteiger partial charge in [0.15, 0.2) is 0 Å². The highest BCUT2D eigenvalue weighted by molar-refractivity contribution is 5.86. The summed E-state index contributed by atoms with van der Waals surface area (Å²) in [7, 11) is 0. The summed E-state index contributed by atoms with van der Waals surface area (Å²) in [4.78, 5) is 11.9. The Labute approximate surface area is 119 Å². The topological polar surface area (TPSA) is 41.1 Å². The van der Waals surface area contributed by atoms with Crippen LogP contribution in [-0.4, -0.2) is 18.5 Å². The first-order chi connectivity index (χ1) is 9.75. The number of nitrogens with one attached hydrogen (secondary N) is 2. The molecule has 1 fully saturated rings. The second-order valence-electron chi connectivity index (χ2n) is 5.44. The fourth-order valence-electron chi connectivity index (χ4n) is 2.95. The lowest BCUT2D eigenvalue weighted by Crippen LogP contribution is -2.48. The first-order valence-electron chi connectivity index (χ1n) is 7.27. The number of carbonyl (C=O) groups is 1. The minimum atomic E-state index is -0.0716. The molecule has 2 unspecified atom stereocenters. The highest BCUT2D eigenvalue weighted by Crippen LogP contribution is 2.24. The lowest BCUT2D eigenvalue weighted by atomic mass is 9.98. The van der Waals surface area contributed by atoms with Gasteiger partial charge in [0.05, 0.1) is 6.04 Å². The van der Waals surface area contributed by atoms with Crippen LogP contribution in [0.15, 0.2) is 42.5 Å². The first-order valence-corrected chi connectivity index (χ1v) is 7.27. The van der Waals surface area contributed by atoms with E-state index < -0.39 is 0 Å². The standard InChI is InChI=1S/C17H20N2O/c1-12(19-16-10-5-11-18-17(16)20)14-9-4-7-13-6-2-3-8-15(13)14/h2-4,6-9,12,16,19H,5,10-11H2,1H3,(H,18,20). The van der Waals surface area contributed by atoms with Gasteiger partial charge in [-0.2, -0.15) is 0 Å². The molecule has 0 saturated carbocycles. The SMILES string of the molecule is CC(NC1CCCNC1=O)c1cccc2ccccc12. The Balaban J connectivity index is 1.85. The van der Waals surface area contributed by atoms with E-state index in [9.17, 15) is 4.79 Å². The molecule has 2 atom stereocenters. The number of piperidine rings is 1. The van der Waals surface area contributed by atoms with Gasteiger partial charge in [-0.1, -0.05) is 42.5 Å². The molecule has 2 aromatic rings. The maximum atomic E-state index is 11.9. The third-order valence-electron chi connectivity index (χ3n) is 4.03. The monoisotopic (exact) mass is 268 g/mol. The van der Waals surface area contributed by atoms with Crippen LogP contribution in [0.5, 0.6) is 0 Å². The molecule has 0 aliphatic carbocycles. The molecular formula is C17H20N2O. The summed E-state index contributed by atoms with van der Waals surface area (Å²) < 4.78 is 0. The summed E-state index contributed by atoms with van der Waals surface area (Å²) in [5.41, 5.74) is 1.25. The summed E-state index contributed by atoms with van der Waals surface area (Å²) in [6, 6.07) is 14.8. The minimum absolute atomic E-state index is 0.0716. The third-order valence-corrected chi connectivity index (χ3v) is 4.03. The number of hydrogen-bond acceptors (Lipinski definition) is 2. The molecule has 2 N–H and O–H groups in total. The molecular weight excluding hydrogens is 248 g/mol. The fraction of sp³-hybridized carbons (Fsp3) is 0.353. The number of carbonyl (C=O) groups excluding carboxylic acids is 1. The number of hydrogen-bond donors (Lipinski definition) is 2. The van der Waals surface area contributed by atoms with Crippen LogP contribution in [-0.2, 0) is 4.79 Å². The largest absolute Gasteiger partial charge is 0.355 e. The maximum Gasteiger partial charge on any atom is 0.237 e. The molecule has 1 aliphatic rings. The van der Waals surface area contributed by atoms with Crippen LogP contribution in [0.4, 0.5) is 0 Å². The van der Waals surface area contributed by atoms with Gasteiger partial charge < -0.3 is 5.32 Å². The Morgan fingerprint density at radius 3 is 2.85 bits per heavy atom. The van der Waals surface area contributed by atoms with Crippen LogP contribution in [0, 0.1) is 0 Å². The van der Waals surface area contributed by atoms with Crippen molar-refractivity contribution in [1.82, 2.24) is 10.6 Å². The Kier molecular flexibility index (Phi) is 3.70. The highest BCUT2D eigenvalue weighted by Gasteiger charge is 2.23. The van der Waals surface area contributed by atoms with Crippen molar-refractivity contribution in [2.45, 2.75) is 31.8 Å². The molecule has 0 radical (unpaired) electrons. The van der Waals surface area contributed by atoms with Crippen molar-refractivity contribution in [2.75, 3.05) is 6.54 Å². The average molecular weight is 268 g/mol. The summed E-state index contributed by atoms with van der Waals surface area (Å²) in [5, 5.41) is 8.89. The van der Waals surface area contributed by atoms with Gasteiger partial charge in [0, 0.05) is 12.6 Å². The summed E-state index contributed by atoms with van der Waals surface area (Å²) >= 11 is 0. The van der Waals surface area contributed by atoms with Gasteiger partial charge in [-0.05, 0) is 36.1 Å². The number of amides is 1. The van der Waals surface area contributed by atoms with Crippen molar-refractivity contribution in [3.8, 4) is 0 Å². The molecule has 1 saturated heterocycles. The van der Waals surface area contributed by atoms with E-state index in [1.165, 1.54) is 16.3 Å². The number of benzene rings is 2. The van der Waals surface area contributed by atoms with Gasteiger partial charge >= 0.3 is 0 Å². The highest BCUT2D eigenvalue weighted by atomic mass is 16.2. The van der Waals surface area contributed by atoms with Crippen LogP contribution in [0.2, 0.25) is 0 Å². The maximum absolute atomic E-state index is 11.9. The molecule has 0 spiro atoms.